The largest absolute Gasteiger partial charge is 0.370 e. The van der Waals surface area contributed by atoms with Crippen molar-refractivity contribution < 1.29 is 4.74 Å². The monoisotopic (exact) mass is 233 g/mol. The molecule has 1 saturated heterocycles. The highest BCUT2D eigenvalue weighted by Crippen LogP contribution is 2.27. The molecule has 0 amide bonds. The Kier molecular flexibility index (Phi) is 2.64. The highest BCUT2D eigenvalue weighted by atomic mass is 16.5. The molecule has 6 nitrogen and oxygen atoms in total. The van der Waals surface area contributed by atoms with Crippen LogP contribution in [0.1, 0.15) is 26.0 Å². The summed E-state index contributed by atoms with van der Waals surface area (Å²) in [5.74, 6) is 0.835. The zero-order valence-corrected chi connectivity index (χ0v) is 9.76. The Morgan fingerprint density at radius 3 is 3.24 bits per heavy atom. The molecule has 3 heterocycles. The minimum Gasteiger partial charge on any atom is -0.370 e. The van der Waals surface area contributed by atoms with Crippen molar-refractivity contribution in [3.63, 3.8) is 0 Å². The van der Waals surface area contributed by atoms with Crippen molar-refractivity contribution in [2.75, 3.05) is 18.5 Å². The number of rotatable bonds is 3. The molecule has 1 atom stereocenters. The number of hydrogen-bond donors (Lipinski definition) is 1. The first-order valence-corrected chi connectivity index (χ1v) is 5.94. The van der Waals surface area contributed by atoms with Gasteiger partial charge in [0.25, 0.3) is 0 Å². The smallest absolute Gasteiger partial charge is 0.165 e. The molecular formula is C11H15N5O. The van der Waals surface area contributed by atoms with E-state index in [1.807, 2.05) is 11.6 Å². The molecule has 90 valence electrons. The van der Waals surface area contributed by atoms with Crippen LogP contribution < -0.4 is 5.32 Å². The lowest BCUT2D eigenvalue weighted by atomic mass is 10.3. The summed E-state index contributed by atoms with van der Waals surface area (Å²) < 4.78 is 7.48. The summed E-state index contributed by atoms with van der Waals surface area (Å²) in [6.07, 6.45) is 5.47. The molecule has 2 aromatic heterocycles. The predicted molar refractivity (Wildman–Crippen MR) is 63.7 cm³/mol. The number of aromatic nitrogens is 4. The molecule has 6 heteroatoms. The van der Waals surface area contributed by atoms with E-state index in [0.29, 0.717) is 0 Å². The van der Waals surface area contributed by atoms with Crippen molar-refractivity contribution in [3.8, 4) is 0 Å². The van der Waals surface area contributed by atoms with Gasteiger partial charge in [0.2, 0.25) is 0 Å². The summed E-state index contributed by atoms with van der Waals surface area (Å²) in [5.41, 5.74) is 0.836. The quantitative estimate of drug-likeness (QED) is 0.871. The van der Waals surface area contributed by atoms with Crippen LogP contribution in [0.25, 0.3) is 11.0 Å². The summed E-state index contributed by atoms with van der Waals surface area (Å²) in [6, 6.07) is 0. The van der Waals surface area contributed by atoms with Crippen molar-refractivity contribution in [1.29, 1.82) is 0 Å². The van der Waals surface area contributed by atoms with Gasteiger partial charge in [-0.25, -0.2) is 14.6 Å². The van der Waals surface area contributed by atoms with E-state index in [4.69, 9.17) is 4.74 Å². The Hall–Kier alpha value is -1.69. The Morgan fingerprint density at radius 2 is 2.47 bits per heavy atom. The first kappa shape index (κ1) is 10.5. The molecule has 1 aliphatic rings. The average molecular weight is 233 g/mol. The van der Waals surface area contributed by atoms with Crippen molar-refractivity contribution in [2.24, 2.45) is 0 Å². The van der Waals surface area contributed by atoms with Crippen molar-refractivity contribution in [3.05, 3.63) is 12.5 Å². The normalized spacial score (nSPS) is 19.9. The number of ether oxygens (including phenoxy) is 1. The van der Waals surface area contributed by atoms with Gasteiger partial charge in [0, 0.05) is 13.2 Å². The van der Waals surface area contributed by atoms with E-state index in [1.54, 1.807) is 12.5 Å². The fourth-order valence-electron chi connectivity index (χ4n) is 2.13. The molecular weight excluding hydrogens is 218 g/mol. The highest BCUT2D eigenvalue weighted by Gasteiger charge is 2.21. The number of nitrogens with zero attached hydrogens (tertiary/aromatic N) is 4. The van der Waals surface area contributed by atoms with Crippen LogP contribution in [0.2, 0.25) is 0 Å². The predicted octanol–water partition coefficient (Wildman–Crippen LogP) is 1.57. The number of hydrogen-bond acceptors (Lipinski definition) is 5. The molecule has 2 aromatic rings. The molecule has 0 aliphatic carbocycles. The van der Waals surface area contributed by atoms with Gasteiger partial charge in [-0.15, -0.1) is 0 Å². The van der Waals surface area contributed by atoms with Gasteiger partial charge in [0.1, 0.15) is 12.1 Å². The molecule has 0 saturated carbocycles. The van der Waals surface area contributed by atoms with Gasteiger partial charge in [0.05, 0.1) is 11.6 Å². The fourth-order valence-corrected chi connectivity index (χ4v) is 2.13. The molecule has 0 radical (unpaired) electrons. The Labute approximate surface area is 99.0 Å². The lowest BCUT2D eigenvalue weighted by Crippen LogP contribution is -2.09. The summed E-state index contributed by atoms with van der Waals surface area (Å²) in [7, 11) is 0. The van der Waals surface area contributed by atoms with Crippen molar-refractivity contribution in [2.45, 2.75) is 26.0 Å². The number of fused-ring (bicyclic) bond motifs is 1. The van der Waals surface area contributed by atoms with E-state index in [0.717, 1.165) is 42.8 Å². The maximum atomic E-state index is 5.62. The van der Waals surface area contributed by atoms with Crippen molar-refractivity contribution >= 4 is 16.9 Å². The Balaban J connectivity index is 2.06. The van der Waals surface area contributed by atoms with Gasteiger partial charge >= 0.3 is 0 Å². The summed E-state index contributed by atoms with van der Waals surface area (Å²) in [4.78, 5) is 8.52. The van der Waals surface area contributed by atoms with Gasteiger partial charge in [-0.3, -0.25) is 0 Å². The highest BCUT2D eigenvalue weighted by molar-refractivity contribution is 5.86. The van der Waals surface area contributed by atoms with Crippen LogP contribution in [0, 0.1) is 0 Å². The molecule has 1 N–H and O–H groups in total. The van der Waals surface area contributed by atoms with Gasteiger partial charge in [0.15, 0.2) is 11.9 Å². The fraction of sp³-hybridized carbons (Fsp3) is 0.545. The third kappa shape index (κ3) is 1.74. The topological polar surface area (TPSA) is 64.9 Å². The second-order valence-electron chi connectivity index (χ2n) is 4.05. The zero-order chi connectivity index (χ0) is 11.7. The van der Waals surface area contributed by atoms with E-state index >= 15 is 0 Å². The first-order valence-electron chi connectivity index (χ1n) is 5.94. The van der Waals surface area contributed by atoms with Crippen molar-refractivity contribution in [1.82, 2.24) is 19.7 Å². The van der Waals surface area contributed by atoms with Crippen LogP contribution in [0.3, 0.4) is 0 Å². The van der Waals surface area contributed by atoms with E-state index in [1.165, 1.54) is 0 Å². The van der Waals surface area contributed by atoms with Gasteiger partial charge in [-0.1, -0.05) is 0 Å². The van der Waals surface area contributed by atoms with Gasteiger partial charge in [-0.05, 0) is 19.8 Å². The van der Waals surface area contributed by atoms with E-state index in [2.05, 4.69) is 20.4 Å². The van der Waals surface area contributed by atoms with Crippen LogP contribution in [0.15, 0.2) is 12.5 Å². The zero-order valence-electron chi connectivity index (χ0n) is 9.76. The van der Waals surface area contributed by atoms with Crippen LogP contribution in [-0.4, -0.2) is 32.9 Å². The standard InChI is InChI=1S/C11H15N5O/c1-2-12-10-8-6-15-16(9-4-3-5-17-9)11(8)14-7-13-10/h6-7,9H,2-5H2,1H3,(H,12,13,14). The molecule has 3 rings (SSSR count). The minimum absolute atomic E-state index is 0.0249. The van der Waals surface area contributed by atoms with E-state index < -0.39 is 0 Å². The minimum atomic E-state index is 0.0249. The molecule has 1 fully saturated rings. The summed E-state index contributed by atoms with van der Waals surface area (Å²) in [5, 5.41) is 8.53. The second kappa shape index (κ2) is 4.29. The molecule has 17 heavy (non-hydrogen) atoms. The van der Waals surface area contributed by atoms with Crippen LogP contribution in [-0.2, 0) is 4.74 Å². The number of anilines is 1. The van der Waals surface area contributed by atoms with E-state index in [9.17, 15) is 0 Å². The lowest BCUT2D eigenvalue weighted by molar-refractivity contribution is 0.0499. The Bertz CT molecular complexity index is 518. The van der Waals surface area contributed by atoms with E-state index in [-0.39, 0.29) is 6.23 Å². The third-order valence-corrected chi connectivity index (χ3v) is 2.91. The van der Waals surface area contributed by atoms with Crippen LogP contribution >= 0.6 is 0 Å². The average Bonchev–Trinajstić information content (AvgIpc) is 2.97. The first-order chi connectivity index (χ1) is 8.40. The molecule has 0 spiro atoms. The molecule has 1 unspecified atom stereocenters. The van der Waals surface area contributed by atoms with Gasteiger partial charge < -0.3 is 10.1 Å². The maximum absolute atomic E-state index is 5.62. The maximum Gasteiger partial charge on any atom is 0.165 e. The SMILES string of the molecule is CCNc1ncnc2c1cnn2C1CCCO1. The summed E-state index contributed by atoms with van der Waals surface area (Å²) in [6.45, 7) is 3.67. The Morgan fingerprint density at radius 1 is 1.53 bits per heavy atom. The molecule has 0 aromatic carbocycles. The number of nitrogens with one attached hydrogen (secondary N) is 1. The van der Waals surface area contributed by atoms with Crippen LogP contribution in [0.5, 0.6) is 0 Å². The summed E-state index contributed by atoms with van der Waals surface area (Å²) >= 11 is 0. The second-order valence-corrected chi connectivity index (χ2v) is 4.05. The van der Waals surface area contributed by atoms with Gasteiger partial charge in [-0.2, -0.15) is 5.10 Å². The lowest BCUT2D eigenvalue weighted by Gasteiger charge is -2.10. The molecule has 0 bridgehead atoms. The van der Waals surface area contributed by atoms with Crippen LogP contribution in [0.4, 0.5) is 5.82 Å². The molecule has 1 aliphatic heterocycles. The third-order valence-electron chi connectivity index (χ3n) is 2.91.